The van der Waals surface area contributed by atoms with Crippen molar-refractivity contribution >= 4 is 6.72 Å². The molecule has 0 spiro atoms. The summed E-state index contributed by atoms with van der Waals surface area (Å²) in [5, 5.41) is 0. The van der Waals surface area contributed by atoms with Gasteiger partial charge in [0, 0.05) is 32.0 Å². The van der Waals surface area contributed by atoms with E-state index in [1.807, 2.05) is 26.1 Å². The summed E-state index contributed by atoms with van der Waals surface area (Å²) < 4.78 is 0. The topological polar surface area (TPSA) is 41.6 Å². The van der Waals surface area contributed by atoms with Crippen LogP contribution in [0.2, 0.25) is 0 Å². The van der Waals surface area contributed by atoms with Crippen LogP contribution in [0.4, 0.5) is 0 Å². The molecule has 0 aliphatic carbocycles. The lowest BCUT2D eigenvalue weighted by molar-refractivity contribution is 0.440. The van der Waals surface area contributed by atoms with Gasteiger partial charge in [0.25, 0.3) is 0 Å². The fraction of sp³-hybridized carbons (Fsp3) is 0.444. The largest absolute Gasteiger partial charge is 0.374 e. The second-order valence-corrected chi connectivity index (χ2v) is 2.42. The standard InChI is InChI=1S/C9H17N3/c1-4-9(5-7-11-2)12(3)8-6-10/h4-5,7H,2,6,8,10H2,1,3H3/b7-5-,9-4+. The molecule has 0 aromatic rings. The Morgan fingerprint density at radius 3 is 2.75 bits per heavy atom. The lowest BCUT2D eigenvalue weighted by Gasteiger charge is -2.18. The van der Waals surface area contributed by atoms with E-state index in [0.29, 0.717) is 6.54 Å². The first-order valence-corrected chi connectivity index (χ1v) is 3.96. The quantitative estimate of drug-likeness (QED) is 0.490. The summed E-state index contributed by atoms with van der Waals surface area (Å²) in [7, 11) is 2.00. The first-order chi connectivity index (χ1) is 5.76. The van der Waals surface area contributed by atoms with E-state index >= 15 is 0 Å². The first-order valence-electron chi connectivity index (χ1n) is 3.96. The number of hydrogen-bond donors (Lipinski definition) is 1. The van der Waals surface area contributed by atoms with Crippen LogP contribution in [0.15, 0.2) is 29.0 Å². The first kappa shape index (κ1) is 10.9. The molecule has 12 heavy (non-hydrogen) atoms. The molecule has 0 atom stereocenters. The van der Waals surface area contributed by atoms with E-state index < -0.39 is 0 Å². The smallest absolute Gasteiger partial charge is 0.0336 e. The second kappa shape index (κ2) is 6.61. The van der Waals surface area contributed by atoms with E-state index in [0.717, 1.165) is 12.2 Å². The third-order valence-electron chi connectivity index (χ3n) is 1.55. The summed E-state index contributed by atoms with van der Waals surface area (Å²) in [6.45, 7) is 6.85. The highest BCUT2D eigenvalue weighted by Crippen LogP contribution is 2.01. The highest BCUT2D eigenvalue weighted by atomic mass is 15.1. The van der Waals surface area contributed by atoms with Crippen molar-refractivity contribution in [1.82, 2.24) is 4.90 Å². The summed E-state index contributed by atoms with van der Waals surface area (Å²) in [5.41, 5.74) is 6.53. The van der Waals surface area contributed by atoms with Gasteiger partial charge in [-0.1, -0.05) is 6.08 Å². The Bertz CT molecular complexity index is 182. The Morgan fingerprint density at radius 2 is 2.33 bits per heavy atom. The van der Waals surface area contributed by atoms with Gasteiger partial charge in [-0.05, 0) is 19.7 Å². The van der Waals surface area contributed by atoms with Crippen LogP contribution < -0.4 is 5.73 Å². The zero-order valence-corrected chi connectivity index (χ0v) is 7.83. The van der Waals surface area contributed by atoms with Gasteiger partial charge in [-0.15, -0.1) is 0 Å². The van der Waals surface area contributed by atoms with E-state index in [4.69, 9.17) is 5.73 Å². The molecule has 0 bridgehead atoms. The molecule has 2 N–H and O–H groups in total. The van der Waals surface area contributed by atoms with Crippen molar-refractivity contribution in [2.45, 2.75) is 6.92 Å². The molecule has 0 amide bonds. The number of rotatable bonds is 5. The van der Waals surface area contributed by atoms with Crippen molar-refractivity contribution in [2.24, 2.45) is 10.7 Å². The molecule has 0 fully saturated rings. The van der Waals surface area contributed by atoms with Gasteiger partial charge in [-0.25, -0.2) is 0 Å². The van der Waals surface area contributed by atoms with E-state index in [2.05, 4.69) is 16.6 Å². The van der Waals surface area contributed by atoms with Crippen LogP contribution >= 0.6 is 0 Å². The number of hydrogen-bond acceptors (Lipinski definition) is 3. The molecule has 0 aromatic carbocycles. The van der Waals surface area contributed by atoms with Crippen LogP contribution in [-0.2, 0) is 0 Å². The van der Waals surface area contributed by atoms with Gasteiger partial charge in [-0.2, -0.15) is 0 Å². The molecule has 0 saturated heterocycles. The predicted molar refractivity (Wildman–Crippen MR) is 54.1 cm³/mol. The molecule has 0 aliphatic heterocycles. The molecule has 0 radical (unpaired) electrons. The molecule has 0 unspecified atom stereocenters. The third kappa shape index (κ3) is 3.93. The van der Waals surface area contributed by atoms with Gasteiger partial charge in [0.15, 0.2) is 0 Å². The van der Waals surface area contributed by atoms with Crippen molar-refractivity contribution < 1.29 is 0 Å². The minimum atomic E-state index is 0.656. The van der Waals surface area contributed by atoms with Crippen LogP contribution in [-0.4, -0.2) is 31.8 Å². The van der Waals surface area contributed by atoms with Crippen molar-refractivity contribution in [3.63, 3.8) is 0 Å². The number of nitrogens with two attached hydrogens (primary N) is 1. The molecule has 0 aliphatic rings. The van der Waals surface area contributed by atoms with E-state index in [1.165, 1.54) is 0 Å². The normalized spacial score (nSPS) is 12.1. The molecule has 68 valence electrons. The van der Waals surface area contributed by atoms with E-state index in [1.54, 1.807) is 6.20 Å². The Hall–Kier alpha value is -1.09. The fourth-order valence-corrected chi connectivity index (χ4v) is 0.896. The number of allylic oxidation sites excluding steroid dienone is 2. The van der Waals surface area contributed by atoms with Crippen molar-refractivity contribution in [3.8, 4) is 0 Å². The van der Waals surface area contributed by atoms with Gasteiger partial charge in [0.2, 0.25) is 0 Å². The van der Waals surface area contributed by atoms with Gasteiger partial charge in [-0.3, -0.25) is 4.99 Å². The Balaban J connectivity index is 4.15. The van der Waals surface area contributed by atoms with Crippen LogP contribution in [0.3, 0.4) is 0 Å². The van der Waals surface area contributed by atoms with Crippen LogP contribution in [0, 0.1) is 0 Å². The van der Waals surface area contributed by atoms with Crippen LogP contribution in [0.25, 0.3) is 0 Å². The maximum atomic E-state index is 5.42. The molecular formula is C9H17N3. The molecule has 0 heterocycles. The number of aliphatic imine (C=N–C) groups is 1. The Morgan fingerprint density at radius 1 is 1.67 bits per heavy atom. The minimum Gasteiger partial charge on any atom is -0.374 e. The highest BCUT2D eigenvalue weighted by molar-refractivity contribution is 5.27. The zero-order chi connectivity index (χ0) is 9.40. The average Bonchev–Trinajstić information content (AvgIpc) is 2.06. The predicted octanol–water partition coefficient (Wildman–Crippen LogP) is 0.995. The van der Waals surface area contributed by atoms with Gasteiger partial charge in [0.1, 0.15) is 0 Å². The summed E-state index contributed by atoms with van der Waals surface area (Å²) in [4.78, 5) is 5.71. The summed E-state index contributed by atoms with van der Waals surface area (Å²) in [6.07, 6.45) is 5.59. The van der Waals surface area contributed by atoms with Crippen LogP contribution in [0.1, 0.15) is 6.92 Å². The van der Waals surface area contributed by atoms with Crippen molar-refractivity contribution in [1.29, 1.82) is 0 Å². The molecular weight excluding hydrogens is 150 g/mol. The SMILES string of the molecule is C=N/C=C\C(=C/C)N(C)CCN. The van der Waals surface area contributed by atoms with Crippen molar-refractivity contribution in [2.75, 3.05) is 20.1 Å². The molecule has 0 rings (SSSR count). The van der Waals surface area contributed by atoms with Crippen LogP contribution in [0.5, 0.6) is 0 Å². The molecule has 0 aromatic heterocycles. The van der Waals surface area contributed by atoms with Gasteiger partial charge in [0.05, 0.1) is 0 Å². The summed E-state index contributed by atoms with van der Waals surface area (Å²) in [6, 6.07) is 0. The second-order valence-electron chi connectivity index (χ2n) is 2.42. The highest BCUT2D eigenvalue weighted by Gasteiger charge is 1.96. The summed E-state index contributed by atoms with van der Waals surface area (Å²) in [5.74, 6) is 0. The van der Waals surface area contributed by atoms with Crippen molar-refractivity contribution in [3.05, 3.63) is 24.0 Å². The monoisotopic (exact) mass is 167 g/mol. The summed E-state index contributed by atoms with van der Waals surface area (Å²) >= 11 is 0. The Kier molecular flexibility index (Phi) is 6.01. The van der Waals surface area contributed by atoms with Gasteiger partial charge < -0.3 is 10.6 Å². The lowest BCUT2D eigenvalue weighted by atomic mass is 10.3. The Labute approximate surface area is 74.3 Å². The molecule has 0 saturated carbocycles. The van der Waals surface area contributed by atoms with E-state index in [-0.39, 0.29) is 0 Å². The number of nitrogens with zero attached hydrogens (tertiary/aromatic N) is 2. The number of likely N-dealkylation sites (N-methyl/N-ethyl adjacent to an activating group) is 1. The fourth-order valence-electron chi connectivity index (χ4n) is 0.896. The molecule has 3 heteroatoms. The lowest BCUT2D eigenvalue weighted by Crippen LogP contribution is -2.24. The maximum absolute atomic E-state index is 5.42. The maximum Gasteiger partial charge on any atom is 0.0336 e. The third-order valence-corrected chi connectivity index (χ3v) is 1.55. The molecule has 3 nitrogen and oxygen atoms in total. The minimum absolute atomic E-state index is 0.656. The van der Waals surface area contributed by atoms with E-state index in [9.17, 15) is 0 Å². The average molecular weight is 167 g/mol. The zero-order valence-electron chi connectivity index (χ0n) is 7.83. The van der Waals surface area contributed by atoms with Gasteiger partial charge >= 0.3 is 0 Å².